The van der Waals surface area contributed by atoms with E-state index in [1.807, 2.05) is 7.05 Å². The summed E-state index contributed by atoms with van der Waals surface area (Å²) in [6.07, 6.45) is 2.38. The molecule has 1 aliphatic rings. The Morgan fingerprint density at radius 3 is 2.75 bits per heavy atom. The number of nitriles is 1. The molecule has 5 heteroatoms. The average Bonchev–Trinajstić information content (AvgIpc) is 2.73. The maximum atomic E-state index is 9.08. The summed E-state index contributed by atoms with van der Waals surface area (Å²) >= 11 is 1.43. The van der Waals surface area contributed by atoms with E-state index in [-0.39, 0.29) is 0 Å². The van der Waals surface area contributed by atoms with Crippen molar-refractivity contribution in [1.82, 2.24) is 4.98 Å². The number of aromatic nitrogens is 1. The number of rotatable bonds is 2. The molecule has 16 heavy (non-hydrogen) atoms. The van der Waals surface area contributed by atoms with Crippen LogP contribution in [0.5, 0.6) is 0 Å². The molecule has 2 rings (SSSR count). The Labute approximate surface area is 99.9 Å². The fourth-order valence-electron chi connectivity index (χ4n) is 1.93. The van der Waals surface area contributed by atoms with Gasteiger partial charge in [0.15, 0.2) is 15.8 Å². The zero-order chi connectivity index (χ0) is 11.5. The van der Waals surface area contributed by atoms with Crippen LogP contribution >= 0.6 is 11.3 Å². The van der Waals surface area contributed by atoms with Crippen molar-refractivity contribution >= 4 is 22.3 Å². The lowest BCUT2D eigenvalue weighted by Crippen LogP contribution is -2.33. The summed E-state index contributed by atoms with van der Waals surface area (Å²) in [6, 6.07) is 2.23. The highest BCUT2D eigenvalue weighted by molar-refractivity contribution is 7.16. The molecule has 0 amide bonds. The Bertz CT molecular complexity index is 399. The smallest absolute Gasteiger partial charge is 0.185 e. The number of nitrogens with zero attached hydrogens (tertiary/aromatic N) is 3. The fourth-order valence-corrected chi connectivity index (χ4v) is 2.67. The van der Waals surface area contributed by atoms with Gasteiger partial charge in [0.25, 0.3) is 0 Å². The lowest BCUT2D eigenvalue weighted by atomic mass is 9.99. The van der Waals surface area contributed by atoms with Gasteiger partial charge in [-0.25, -0.2) is 4.98 Å². The summed E-state index contributed by atoms with van der Waals surface area (Å²) in [5, 5.41) is 12.9. The number of nitrogens with one attached hydrogen (secondary N) is 1. The van der Waals surface area contributed by atoms with E-state index in [4.69, 9.17) is 5.26 Å². The molecule has 1 aromatic heterocycles. The second kappa shape index (κ2) is 4.71. The summed E-state index contributed by atoms with van der Waals surface area (Å²) in [5.74, 6) is 1.66. The predicted molar refractivity (Wildman–Crippen MR) is 67.0 cm³/mol. The Balaban J connectivity index is 2.19. The third kappa shape index (κ3) is 2.12. The standard InChI is InChI=1S/C11H16N4S/c1-8-3-5-15(6-4-8)10-9(7-12)16-11(13-2)14-10/h8H,3-6H2,1-2H3,(H,13,14). The van der Waals surface area contributed by atoms with Crippen LogP contribution < -0.4 is 10.2 Å². The van der Waals surface area contributed by atoms with Gasteiger partial charge in [0, 0.05) is 20.1 Å². The summed E-state index contributed by atoms with van der Waals surface area (Å²) in [6.45, 7) is 4.31. The molecule has 4 nitrogen and oxygen atoms in total. The molecule has 0 bridgehead atoms. The van der Waals surface area contributed by atoms with E-state index in [1.54, 1.807) is 0 Å². The molecule has 0 spiro atoms. The van der Waals surface area contributed by atoms with Crippen LogP contribution in [0.2, 0.25) is 0 Å². The molecule has 0 aromatic carbocycles. The predicted octanol–water partition coefficient (Wildman–Crippen LogP) is 2.29. The maximum absolute atomic E-state index is 9.08. The number of thiazole rings is 1. The second-order valence-corrected chi connectivity index (χ2v) is 5.20. The van der Waals surface area contributed by atoms with Crippen molar-refractivity contribution in [3.8, 4) is 6.07 Å². The van der Waals surface area contributed by atoms with Crippen molar-refractivity contribution in [3.63, 3.8) is 0 Å². The van der Waals surface area contributed by atoms with Crippen molar-refractivity contribution in [2.45, 2.75) is 19.8 Å². The molecule has 0 aliphatic carbocycles. The van der Waals surface area contributed by atoms with Crippen LogP contribution in [0.25, 0.3) is 0 Å². The van der Waals surface area contributed by atoms with Crippen molar-refractivity contribution < 1.29 is 0 Å². The van der Waals surface area contributed by atoms with E-state index in [0.717, 1.165) is 34.8 Å². The van der Waals surface area contributed by atoms with Gasteiger partial charge in [-0.1, -0.05) is 18.3 Å². The van der Waals surface area contributed by atoms with Crippen molar-refractivity contribution in [1.29, 1.82) is 5.26 Å². The summed E-state index contributed by atoms with van der Waals surface area (Å²) in [4.78, 5) is 7.41. The van der Waals surface area contributed by atoms with Gasteiger partial charge in [-0.2, -0.15) is 5.26 Å². The lowest BCUT2D eigenvalue weighted by molar-refractivity contribution is 0.437. The van der Waals surface area contributed by atoms with Gasteiger partial charge in [-0.15, -0.1) is 0 Å². The summed E-state index contributed by atoms with van der Waals surface area (Å²) in [7, 11) is 1.84. The zero-order valence-corrected chi connectivity index (χ0v) is 10.5. The molecular weight excluding hydrogens is 220 g/mol. The topological polar surface area (TPSA) is 52.0 Å². The highest BCUT2D eigenvalue weighted by atomic mass is 32.1. The largest absolute Gasteiger partial charge is 0.364 e. The van der Waals surface area contributed by atoms with Crippen molar-refractivity contribution in [2.24, 2.45) is 5.92 Å². The van der Waals surface area contributed by atoms with E-state index >= 15 is 0 Å². The molecule has 86 valence electrons. The normalized spacial score (nSPS) is 17.2. The number of piperidine rings is 1. The first kappa shape index (κ1) is 11.2. The Morgan fingerprint density at radius 2 is 2.19 bits per heavy atom. The Kier molecular flexibility index (Phi) is 3.30. The number of hydrogen-bond donors (Lipinski definition) is 1. The van der Waals surface area contributed by atoms with E-state index in [1.165, 1.54) is 24.2 Å². The summed E-state index contributed by atoms with van der Waals surface area (Å²) in [5.41, 5.74) is 0. The lowest BCUT2D eigenvalue weighted by Gasteiger charge is -2.30. The highest BCUT2D eigenvalue weighted by Crippen LogP contribution is 2.31. The van der Waals surface area contributed by atoms with Crippen LogP contribution in [0, 0.1) is 17.2 Å². The second-order valence-electron chi connectivity index (χ2n) is 4.20. The van der Waals surface area contributed by atoms with Gasteiger partial charge in [0.1, 0.15) is 6.07 Å². The third-order valence-electron chi connectivity index (χ3n) is 3.01. The SMILES string of the molecule is CNc1nc(N2CCC(C)CC2)c(C#N)s1. The van der Waals surface area contributed by atoms with Crippen LogP contribution in [-0.4, -0.2) is 25.1 Å². The fraction of sp³-hybridized carbons (Fsp3) is 0.636. The molecule has 1 aliphatic heterocycles. The van der Waals surface area contributed by atoms with Crippen molar-refractivity contribution in [2.75, 3.05) is 30.4 Å². The van der Waals surface area contributed by atoms with E-state index in [0.29, 0.717) is 0 Å². The Hall–Kier alpha value is -1.28. The van der Waals surface area contributed by atoms with Gasteiger partial charge in [-0.05, 0) is 18.8 Å². The number of hydrogen-bond acceptors (Lipinski definition) is 5. The minimum atomic E-state index is 0.721. The van der Waals surface area contributed by atoms with Crippen LogP contribution in [0.4, 0.5) is 10.9 Å². The first-order valence-electron chi connectivity index (χ1n) is 5.58. The maximum Gasteiger partial charge on any atom is 0.185 e. The molecule has 1 aromatic rings. The number of anilines is 2. The van der Waals surface area contributed by atoms with E-state index < -0.39 is 0 Å². The molecule has 0 atom stereocenters. The minimum absolute atomic E-state index is 0.721. The van der Waals surface area contributed by atoms with Crippen LogP contribution in [0.1, 0.15) is 24.6 Å². The highest BCUT2D eigenvalue weighted by Gasteiger charge is 2.21. The molecule has 1 saturated heterocycles. The quantitative estimate of drug-likeness (QED) is 0.856. The molecule has 0 unspecified atom stereocenters. The minimum Gasteiger partial charge on any atom is -0.364 e. The monoisotopic (exact) mass is 236 g/mol. The van der Waals surface area contributed by atoms with Crippen LogP contribution in [-0.2, 0) is 0 Å². The summed E-state index contributed by atoms with van der Waals surface area (Å²) < 4.78 is 0. The molecule has 2 heterocycles. The van der Waals surface area contributed by atoms with Gasteiger partial charge >= 0.3 is 0 Å². The van der Waals surface area contributed by atoms with E-state index in [2.05, 4.69) is 28.2 Å². The third-order valence-corrected chi connectivity index (χ3v) is 3.97. The van der Waals surface area contributed by atoms with Crippen LogP contribution in [0.3, 0.4) is 0 Å². The van der Waals surface area contributed by atoms with Crippen molar-refractivity contribution in [3.05, 3.63) is 4.88 Å². The van der Waals surface area contributed by atoms with Gasteiger partial charge in [-0.3, -0.25) is 0 Å². The molecule has 1 N–H and O–H groups in total. The molecule has 1 fully saturated rings. The molecule has 0 saturated carbocycles. The van der Waals surface area contributed by atoms with Gasteiger partial charge in [0.2, 0.25) is 0 Å². The van der Waals surface area contributed by atoms with E-state index in [9.17, 15) is 0 Å². The first-order chi connectivity index (χ1) is 7.74. The molecule has 0 radical (unpaired) electrons. The zero-order valence-electron chi connectivity index (χ0n) is 9.66. The van der Waals surface area contributed by atoms with Gasteiger partial charge < -0.3 is 10.2 Å². The first-order valence-corrected chi connectivity index (χ1v) is 6.40. The molecular formula is C11H16N4S. The van der Waals surface area contributed by atoms with Crippen LogP contribution in [0.15, 0.2) is 0 Å². The van der Waals surface area contributed by atoms with Gasteiger partial charge in [0.05, 0.1) is 0 Å². The average molecular weight is 236 g/mol. The Morgan fingerprint density at radius 1 is 1.50 bits per heavy atom.